The molecule has 2 rings (SSSR count). The molecule has 0 spiro atoms. The molecular formula is C16H25N3O2. The average molecular weight is 291 g/mol. The van der Waals surface area contributed by atoms with Crippen molar-refractivity contribution in [1.29, 1.82) is 0 Å². The minimum absolute atomic E-state index is 0.415. The number of fused-ring (bicyclic) bond motifs is 1. The van der Waals surface area contributed by atoms with Gasteiger partial charge in [0.15, 0.2) is 0 Å². The number of hydrogen-bond acceptors (Lipinski definition) is 4. The monoisotopic (exact) mass is 291 g/mol. The summed E-state index contributed by atoms with van der Waals surface area (Å²) in [7, 11) is 0. The second-order valence-electron chi connectivity index (χ2n) is 5.85. The normalized spacial score (nSPS) is 15.1. The van der Waals surface area contributed by atoms with Gasteiger partial charge < -0.3 is 10.4 Å². The molecule has 0 amide bonds. The van der Waals surface area contributed by atoms with E-state index in [0.29, 0.717) is 19.4 Å². The SMILES string of the molecule is CCC(CC)(CNc1ncnc2c1CCCCC2)C(=O)O. The van der Waals surface area contributed by atoms with Crippen LogP contribution in [0, 0.1) is 5.41 Å². The van der Waals surface area contributed by atoms with Gasteiger partial charge in [0, 0.05) is 17.8 Å². The first-order valence-corrected chi connectivity index (χ1v) is 7.93. The van der Waals surface area contributed by atoms with Crippen LogP contribution in [0.5, 0.6) is 0 Å². The Hall–Kier alpha value is -1.65. The number of anilines is 1. The Bertz CT molecular complexity index is 498. The summed E-state index contributed by atoms with van der Waals surface area (Å²) in [5, 5.41) is 12.8. The highest BCUT2D eigenvalue weighted by Gasteiger charge is 2.35. The van der Waals surface area contributed by atoms with Gasteiger partial charge in [-0.15, -0.1) is 0 Å². The molecule has 21 heavy (non-hydrogen) atoms. The Morgan fingerprint density at radius 2 is 1.95 bits per heavy atom. The predicted octanol–water partition coefficient (Wildman–Crippen LogP) is 3.05. The van der Waals surface area contributed by atoms with E-state index in [1.807, 2.05) is 13.8 Å². The van der Waals surface area contributed by atoms with Crippen LogP contribution in [-0.2, 0) is 17.6 Å². The molecule has 1 heterocycles. The maximum Gasteiger partial charge on any atom is 0.311 e. The number of nitrogens with one attached hydrogen (secondary N) is 1. The van der Waals surface area contributed by atoms with Gasteiger partial charge in [-0.05, 0) is 38.5 Å². The van der Waals surface area contributed by atoms with Crippen LogP contribution in [0.2, 0.25) is 0 Å². The molecule has 1 aliphatic rings. The van der Waals surface area contributed by atoms with E-state index in [0.717, 1.165) is 30.8 Å². The summed E-state index contributed by atoms with van der Waals surface area (Å²) in [6.45, 7) is 4.28. The van der Waals surface area contributed by atoms with Crippen molar-refractivity contribution in [1.82, 2.24) is 9.97 Å². The molecule has 0 radical (unpaired) electrons. The Morgan fingerprint density at radius 3 is 2.62 bits per heavy atom. The zero-order chi connectivity index (χ0) is 15.3. The molecule has 1 aliphatic carbocycles. The van der Waals surface area contributed by atoms with Gasteiger partial charge in [0.25, 0.3) is 0 Å². The van der Waals surface area contributed by atoms with E-state index in [1.54, 1.807) is 6.33 Å². The van der Waals surface area contributed by atoms with Crippen molar-refractivity contribution >= 4 is 11.8 Å². The summed E-state index contributed by atoms with van der Waals surface area (Å²) < 4.78 is 0. The first-order valence-electron chi connectivity index (χ1n) is 7.93. The van der Waals surface area contributed by atoms with Crippen LogP contribution in [0.25, 0.3) is 0 Å². The number of hydrogen-bond donors (Lipinski definition) is 2. The minimum atomic E-state index is -0.736. The molecule has 0 atom stereocenters. The maximum absolute atomic E-state index is 11.6. The third-order valence-electron chi connectivity index (χ3n) is 4.78. The van der Waals surface area contributed by atoms with Crippen molar-refractivity contribution in [2.24, 2.45) is 5.41 Å². The summed E-state index contributed by atoms with van der Waals surface area (Å²) in [5.41, 5.74) is 1.59. The van der Waals surface area contributed by atoms with Gasteiger partial charge in [0.2, 0.25) is 0 Å². The fourth-order valence-corrected chi connectivity index (χ4v) is 2.98. The van der Waals surface area contributed by atoms with E-state index in [1.165, 1.54) is 18.4 Å². The largest absolute Gasteiger partial charge is 0.481 e. The summed E-state index contributed by atoms with van der Waals surface area (Å²) in [6.07, 6.45) is 8.34. The topological polar surface area (TPSA) is 75.1 Å². The molecule has 0 aromatic carbocycles. The van der Waals surface area contributed by atoms with Crippen LogP contribution in [0.3, 0.4) is 0 Å². The van der Waals surface area contributed by atoms with Crippen molar-refractivity contribution in [3.05, 3.63) is 17.6 Å². The molecule has 2 N–H and O–H groups in total. The number of aryl methyl sites for hydroxylation is 1. The minimum Gasteiger partial charge on any atom is -0.481 e. The van der Waals surface area contributed by atoms with Crippen LogP contribution < -0.4 is 5.32 Å². The first kappa shape index (κ1) is 15.7. The molecule has 0 unspecified atom stereocenters. The van der Waals surface area contributed by atoms with Crippen LogP contribution in [-0.4, -0.2) is 27.6 Å². The number of carboxylic acids is 1. The van der Waals surface area contributed by atoms with Crippen LogP contribution in [0.15, 0.2) is 6.33 Å². The molecule has 0 saturated heterocycles. The Kier molecular flexibility index (Phi) is 5.15. The molecular weight excluding hydrogens is 266 g/mol. The second-order valence-corrected chi connectivity index (χ2v) is 5.85. The first-order chi connectivity index (χ1) is 10.1. The van der Waals surface area contributed by atoms with E-state index in [-0.39, 0.29) is 0 Å². The van der Waals surface area contributed by atoms with Gasteiger partial charge in [-0.2, -0.15) is 0 Å². The second kappa shape index (κ2) is 6.87. The number of nitrogens with zero attached hydrogens (tertiary/aromatic N) is 2. The predicted molar refractivity (Wildman–Crippen MR) is 82.4 cm³/mol. The Morgan fingerprint density at radius 1 is 1.24 bits per heavy atom. The van der Waals surface area contributed by atoms with E-state index in [2.05, 4.69) is 15.3 Å². The number of aromatic nitrogens is 2. The molecule has 5 heteroatoms. The van der Waals surface area contributed by atoms with Crippen LogP contribution in [0.4, 0.5) is 5.82 Å². The zero-order valence-electron chi connectivity index (χ0n) is 13.0. The standard InChI is InChI=1S/C16H25N3O2/c1-3-16(4-2,15(20)21)10-17-14-12-8-6-5-7-9-13(12)18-11-19-14/h11H,3-10H2,1-2H3,(H,20,21)(H,17,18,19). The molecule has 1 aromatic heterocycles. The number of aliphatic carboxylic acids is 1. The van der Waals surface area contributed by atoms with E-state index in [9.17, 15) is 9.90 Å². The van der Waals surface area contributed by atoms with Gasteiger partial charge in [-0.1, -0.05) is 20.3 Å². The van der Waals surface area contributed by atoms with Crippen molar-refractivity contribution in [2.45, 2.75) is 58.8 Å². The summed E-state index contributed by atoms with van der Waals surface area (Å²) in [6, 6.07) is 0. The molecule has 5 nitrogen and oxygen atoms in total. The van der Waals surface area contributed by atoms with Crippen molar-refractivity contribution < 1.29 is 9.90 Å². The lowest BCUT2D eigenvalue weighted by molar-refractivity contribution is -0.148. The lowest BCUT2D eigenvalue weighted by Gasteiger charge is -2.27. The van der Waals surface area contributed by atoms with Gasteiger partial charge in [-0.3, -0.25) is 4.79 Å². The molecule has 1 aromatic rings. The van der Waals surface area contributed by atoms with Gasteiger partial charge >= 0.3 is 5.97 Å². The maximum atomic E-state index is 11.6. The summed E-state index contributed by atoms with van der Waals surface area (Å²) in [5.74, 6) is 0.0922. The van der Waals surface area contributed by atoms with Crippen LogP contribution in [0.1, 0.15) is 57.2 Å². The lowest BCUT2D eigenvalue weighted by Crippen LogP contribution is -2.37. The molecule has 0 bridgehead atoms. The van der Waals surface area contributed by atoms with Crippen molar-refractivity contribution in [3.8, 4) is 0 Å². The molecule has 0 saturated carbocycles. The number of carbonyl (C=O) groups is 1. The number of rotatable bonds is 6. The summed E-state index contributed by atoms with van der Waals surface area (Å²) >= 11 is 0. The highest BCUT2D eigenvalue weighted by molar-refractivity contribution is 5.75. The average Bonchev–Trinajstić information content (AvgIpc) is 2.74. The van der Waals surface area contributed by atoms with E-state index < -0.39 is 11.4 Å². The Labute approximate surface area is 126 Å². The highest BCUT2D eigenvalue weighted by atomic mass is 16.4. The fourth-order valence-electron chi connectivity index (χ4n) is 2.98. The molecule has 0 aliphatic heterocycles. The van der Waals surface area contributed by atoms with Crippen molar-refractivity contribution in [2.75, 3.05) is 11.9 Å². The smallest absolute Gasteiger partial charge is 0.311 e. The highest BCUT2D eigenvalue weighted by Crippen LogP contribution is 2.29. The van der Waals surface area contributed by atoms with Gasteiger partial charge in [-0.25, -0.2) is 9.97 Å². The molecule has 116 valence electrons. The third kappa shape index (κ3) is 3.34. The van der Waals surface area contributed by atoms with Crippen LogP contribution >= 0.6 is 0 Å². The Balaban J connectivity index is 2.18. The van der Waals surface area contributed by atoms with Gasteiger partial charge in [0.1, 0.15) is 12.1 Å². The fraction of sp³-hybridized carbons (Fsp3) is 0.688. The van der Waals surface area contributed by atoms with Crippen molar-refractivity contribution in [3.63, 3.8) is 0 Å². The lowest BCUT2D eigenvalue weighted by atomic mass is 9.82. The molecule has 0 fully saturated rings. The zero-order valence-corrected chi connectivity index (χ0v) is 13.0. The quantitative estimate of drug-likeness (QED) is 0.788. The number of carboxylic acid groups (broad SMARTS) is 1. The summed E-state index contributed by atoms with van der Waals surface area (Å²) in [4.78, 5) is 20.3. The van der Waals surface area contributed by atoms with Gasteiger partial charge in [0.05, 0.1) is 5.41 Å². The van der Waals surface area contributed by atoms with E-state index >= 15 is 0 Å². The third-order valence-corrected chi connectivity index (χ3v) is 4.78. The van der Waals surface area contributed by atoms with E-state index in [4.69, 9.17) is 0 Å².